The van der Waals surface area contributed by atoms with Gasteiger partial charge in [0.1, 0.15) is 5.82 Å². The van der Waals surface area contributed by atoms with Crippen molar-refractivity contribution < 1.29 is 9.21 Å². The molecular weight excluding hydrogens is 304 g/mol. The monoisotopic (exact) mass is 330 g/mol. The Hall–Kier alpha value is -2.08. The van der Waals surface area contributed by atoms with Gasteiger partial charge in [0.25, 0.3) is 5.91 Å². The minimum atomic E-state index is -0.119. The fraction of sp³-hybridized carbons (Fsp3) is 0.556. The maximum absolute atomic E-state index is 12.1. The van der Waals surface area contributed by atoms with Crippen LogP contribution in [0.2, 0.25) is 0 Å². The van der Waals surface area contributed by atoms with Crippen LogP contribution in [0.1, 0.15) is 46.7 Å². The number of likely N-dealkylation sites (tertiary alicyclic amines) is 1. The molecule has 0 bridgehead atoms. The summed E-state index contributed by atoms with van der Waals surface area (Å²) in [6.45, 7) is 9.68. The molecule has 1 aliphatic heterocycles. The Morgan fingerprint density at radius 1 is 1.50 bits per heavy atom. The zero-order valence-electron chi connectivity index (χ0n) is 14.7. The van der Waals surface area contributed by atoms with Crippen LogP contribution in [0.3, 0.4) is 0 Å². The summed E-state index contributed by atoms with van der Waals surface area (Å²) in [5.74, 6) is 1.84. The number of carbonyl (C=O) groups is 1. The molecule has 0 radical (unpaired) electrons. The molecule has 0 saturated carbocycles. The molecule has 1 fully saturated rings. The standard InChI is InChI=1S/C18H26N4O2/c1-4-16-20-13(3)15(21-16)11-22-7-5-14(10-22)9-19-18(23)17-12(2)6-8-24-17/h6,8,14H,4-5,7,9-11H2,1-3H3,(H,19,23)(H,20,21). The van der Waals surface area contributed by atoms with Gasteiger partial charge in [0.2, 0.25) is 0 Å². The van der Waals surface area contributed by atoms with Gasteiger partial charge in [0, 0.05) is 37.3 Å². The molecule has 3 rings (SSSR count). The number of hydrogen-bond acceptors (Lipinski definition) is 4. The van der Waals surface area contributed by atoms with E-state index in [0.717, 1.165) is 55.3 Å². The number of furan rings is 1. The summed E-state index contributed by atoms with van der Waals surface area (Å²) in [6.07, 6.45) is 3.58. The Kier molecular flexibility index (Phi) is 5.04. The highest BCUT2D eigenvalue weighted by atomic mass is 16.3. The molecule has 2 N–H and O–H groups in total. The van der Waals surface area contributed by atoms with Crippen LogP contribution in [0, 0.1) is 19.8 Å². The summed E-state index contributed by atoms with van der Waals surface area (Å²) in [5.41, 5.74) is 3.18. The summed E-state index contributed by atoms with van der Waals surface area (Å²) in [4.78, 5) is 22.5. The Labute approximate surface area is 142 Å². The molecule has 1 amide bonds. The highest BCUT2D eigenvalue weighted by Gasteiger charge is 2.24. The number of amides is 1. The van der Waals surface area contributed by atoms with Gasteiger partial charge in [0.05, 0.1) is 12.0 Å². The summed E-state index contributed by atoms with van der Waals surface area (Å²) < 4.78 is 5.23. The Morgan fingerprint density at radius 2 is 2.33 bits per heavy atom. The summed E-state index contributed by atoms with van der Waals surface area (Å²) >= 11 is 0. The van der Waals surface area contributed by atoms with E-state index in [1.54, 1.807) is 6.26 Å². The van der Waals surface area contributed by atoms with E-state index in [1.165, 1.54) is 0 Å². The number of nitrogens with one attached hydrogen (secondary N) is 2. The molecule has 1 aliphatic rings. The van der Waals surface area contributed by atoms with Crippen LogP contribution in [-0.4, -0.2) is 40.4 Å². The molecule has 6 nitrogen and oxygen atoms in total. The summed E-state index contributed by atoms with van der Waals surface area (Å²) in [6, 6.07) is 1.81. The molecule has 1 unspecified atom stereocenters. The minimum absolute atomic E-state index is 0.119. The quantitative estimate of drug-likeness (QED) is 0.853. The highest BCUT2D eigenvalue weighted by Crippen LogP contribution is 2.19. The van der Waals surface area contributed by atoms with Crippen molar-refractivity contribution in [3.05, 3.63) is 40.9 Å². The first kappa shape index (κ1) is 16.8. The molecule has 0 spiro atoms. The Morgan fingerprint density at radius 3 is 3.00 bits per heavy atom. The van der Waals surface area contributed by atoms with Crippen LogP contribution >= 0.6 is 0 Å². The molecule has 130 valence electrons. The third-order valence-corrected chi connectivity index (χ3v) is 4.73. The second-order valence-corrected chi connectivity index (χ2v) is 6.64. The van der Waals surface area contributed by atoms with Crippen LogP contribution < -0.4 is 5.32 Å². The number of hydrogen-bond donors (Lipinski definition) is 2. The zero-order chi connectivity index (χ0) is 17.1. The van der Waals surface area contributed by atoms with E-state index in [1.807, 2.05) is 13.0 Å². The molecule has 1 atom stereocenters. The van der Waals surface area contributed by atoms with Crippen molar-refractivity contribution in [3.63, 3.8) is 0 Å². The molecule has 24 heavy (non-hydrogen) atoms. The smallest absolute Gasteiger partial charge is 0.287 e. The molecular formula is C18H26N4O2. The number of carbonyl (C=O) groups excluding carboxylic acids is 1. The minimum Gasteiger partial charge on any atom is -0.459 e. The van der Waals surface area contributed by atoms with Gasteiger partial charge in [-0.25, -0.2) is 4.98 Å². The van der Waals surface area contributed by atoms with E-state index in [4.69, 9.17) is 4.42 Å². The second kappa shape index (κ2) is 7.21. The first-order valence-electron chi connectivity index (χ1n) is 8.65. The van der Waals surface area contributed by atoms with Gasteiger partial charge in [-0.1, -0.05) is 6.92 Å². The van der Waals surface area contributed by atoms with E-state index in [-0.39, 0.29) is 5.91 Å². The zero-order valence-corrected chi connectivity index (χ0v) is 14.7. The van der Waals surface area contributed by atoms with Crippen molar-refractivity contribution >= 4 is 5.91 Å². The molecule has 2 aromatic heterocycles. The lowest BCUT2D eigenvalue weighted by Crippen LogP contribution is -2.31. The Balaban J connectivity index is 1.48. The Bertz CT molecular complexity index is 704. The lowest BCUT2D eigenvalue weighted by molar-refractivity contribution is 0.0918. The first-order valence-corrected chi connectivity index (χ1v) is 8.65. The number of aromatic amines is 1. The van der Waals surface area contributed by atoms with Gasteiger partial charge >= 0.3 is 0 Å². The van der Waals surface area contributed by atoms with E-state index in [9.17, 15) is 4.79 Å². The maximum Gasteiger partial charge on any atom is 0.287 e. The number of rotatable bonds is 6. The second-order valence-electron chi connectivity index (χ2n) is 6.64. The normalized spacial score (nSPS) is 18.2. The van der Waals surface area contributed by atoms with E-state index >= 15 is 0 Å². The molecule has 2 aromatic rings. The number of nitrogens with zero attached hydrogens (tertiary/aromatic N) is 2. The van der Waals surface area contributed by atoms with Crippen molar-refractivity contribution in [2.75, 3.05) is 19.6 Å². The fourth-order valence-electron chi connectivity index (χ4n) is 3.24. The summed E-state index contributed by atoms with van der Waals surface area (Å²) in [7, 11) is 0. The van der Waals surface area contributed by atoms with E-state index < -0.39 is 0 Å². The van der Waals surface area contributed by atoms with Crippen molar-refractivity contribution in [2.24, 2.45) is 5.92 Å². The maximum atomic E-state index is 12.1. The van der Waals surface area contributed by atoms with Gasteiger partial charge in [0.15, 0.2) is 5.76 Å². The van der Waals surface area contributed by atoms with Crippen LogP contribution in [0.25, 0.3) is 0 Å². The molecule has 6 heteroatoms. The average Bonchev–Trinajstić information content (AvgIpc) is 3.27. The van der Waals surface area contributed by atoms with Crippen LogP contribution in [0.15, 0.2) is 16.7 Å². The number of aryl methyl sites for hydroxylation is 3. The number of imidazole rings is 1. The van der Waals surface area contributed by atoms with Crippen LogP contribution in [0.4, 0.5) is 0 Å². The van der Waals surface area contributed by atoms with E-state index in [0.29, 0.717) is 18.2 Å². The molecule has 0 aromatic carbocycles. The molecule has 0 aliphatic carbocycles. The third-order valence-electron chi connectivity index (χ3n) is 4.73. The topological polar surface area (TPSA) is 74.2 Å². The highest BCUT2D eigenvalue weighted by molar-refractivity contribution is 5.92. The van der Waals surface area contributed by atoms with Crippen LogP contribution in [0.5, 0.6) is 0 Å². The van der Waals surface area contributed by atoms with Crippen molar-refractivity contribution in [1.82, 2.24) is 20.2 Å². The fourth-order valence-corrected chi connectivity index (χ4v) is 3.24. The van der Waals surface area contributed by atoms with Gasteiger partial charge < -0.3 is 14.7 Å². The predicted molar refractivity (Wildman–Crippen MR) is 91.9 cm³/mol. The summed E-state index contributed by atoms with van der Waals surface area (Å²) in [5, 5.41) is 3.00. The van der Waals surface area contributed by atoms with Crippen molar-refractivity contribution in [2.45, 2.75) is 40.2 Å². The van der Waals surface area contributed by atoms with Gasteiger partial charge in [-0.05, 0) is 38.8 Å². The average molecular weight is 330 g/mol. The van der Waals surface area contributed by atoms with Gasteiger partial charge in [-0.15, -0.1) is 0 Å². The molecule has 1 saturated heterocycles. The van der Waals surface area contributed by atoms with Gasteiger partial charge in [-0.3, -0.25) is 9.69 Å². The van der Waals surface area contributed by atoms with Crippen LogP contribution in [-0.2, 0) is 13.0 Å². The number of aromatic nitrogens is 2. The predicted octanol–water partition coefficient (Wildman–Crippen LogP) is 2.43. The third kappa shape index (κ3) is 3.70. The molecule has 3 heterocycles. The van der Waals surface area contributed by atoms with Gasteiger partial charge in [-0.2, -0.15) is 0 Å². The van der Waals surface area contributed by atoms with Crippen molar-refractivity contribution in [1.29, 1.82) is 0 Å². The van der Waals surface area contributed by atoms with Crippen molar-refractivity contribution in [3.8, 4) is 0 Å². The first-order chi connectivity index (χ1) is 11.6. The number of H-pyrrole nitrogens is 1. The SMILES string of the molecule is CCc1nc(CN2CCC(CNC(=O)c3occc3C)C2)c(C)[nH]1. The lowest BCUT2D eigenvalue weighted by Gasteiger charge is -2.15. The largest absolute Gasteiger partial charge is 0.459 e. The lowest BCUT2D eigenvalue weighted by atomic mass is 10.1. The van der Waals surface area contributed by atoms with E-state index in [2.05, 4.69) is 34.0 Å².